The van der Waals surface area contributed by atoms with Gasteiger partial charge in [-0.2, -0.15) is 0 Å². The van der Waals surface area contributed by atoms with E-state index in [1.807, 2.05) is 19.3 Å². The van der Waals surface area contributed by atoms with E-state index in [0.717, 1.165) is 79.4 Å². The first-order valence-corrected chi connectivity index (χ1v) is 21.6. The molecule has 2 aliphatic heterocycles. The Morgan fingerprint density at radius 3 is 1.60 bits per heavy atom. The van der Waals surface area contributed by atoms with Gasteiger partial charge in [0.2, 0.25) is 0 Å². The molecular weight excluding hydrogens is 771 g/mol. The molecule has 0 bridgehead atoms. The highest BCUT2D eigenvalue weighted by Crippen LogP contribution is 2.36. The van der Waals surface area contributed by atoms with Crippen molar-refractivity contribution in [3.63, 3.8) is 0 Å². The third kappa shape index (κ3) is 8.70. The van der Waals surface area contributed by atoms with Crippen molar-refractivity contribution in [3.05, 3.63) is 223 Å². The summed E-state index contributed by atoms with van der Waals surface area (Å²) in [6.45, 7) is 4.98. The number of rotatable bonds is 9. The summed E-state index contributed by atoms with van der Waals surface area (Å²) >= 11 is 0. The molecule has 0 aliphatic carbocycles. The zero-order valence-electron chi connectivity index (χ0n) is 35.7. The van der Waals surface area contributed by atoms with Crippen LogP contribution in [0.1, 0.15) is 47.3 Å². The summed E-state index contributed by atoms with van der Waals surface area (Å²) in [4.78, 5) is 16.7. The molecule has 8 aromatic rings. The van der Waals surface area contributed by atoms with Crippen molar-refractivity contribution in [3.8, 4) is 55.6 Å². The molecule has 10 rings (SSSR count). The molecule has 3 unspecified atom stereocenters. The molecule has 0 spiro atoms. The number of amidine groups is 1. The van der Waals surface area contributed by atoms with Crippen LogP contribution in [0.2, 0.25) is 0 Å². The third-order valence-electron chi connectivity index (χ3n) is 12.2. The molecule has 3 N–H and O–H groups in total. The van der Waals surface area contributed by atoms with Gasteiger partial charge in [0.05, 0.1) is 6.17 Å². The van der Waals surface area contributed by atoms with E-state index >= 15 is 0 Å². The summed E-state index contributed by atoms with van der Waals surface area (Å²) in [6, 6.07) is 63.1. The fourth-order valence-electron chi connectivity index (χ4n) is 8.44. The van der Waals surface area contributed by atoms with Gasteiger partial charge in [0.15, 0.2) is 0 Å². The summed E-state index contributed by atoms with van der Waals surface area (Å²) < 4.78 is 0. The summed E-state index contributed by atoms with van der Waals surface area (Å²) in [5.74, 6) is 1.59. The number of aliphatic imine (C=N–C) groups is 1. The Bertz CT molecular complexity index is 2920. The van der Waals surface area contributed by atoms with Crippen LogP contribution < -0.4 is 16.0 Å². The van der Waals surface area contributed by atoms with Crippen molar-refractivity contribution in [2.24, 2.45) is 4.99 Å². The number of hydrogen-bond donors (Lipinski definition) is 3. The minimum absolute atomic E-state index is 0.229. The van der Waals surface area contributed by atoms with Gasteiger partial charge in [0, 0.05) is 36.3 Å². The second-order valence-corrected chi connectivity index (χ2v) is 16.5. The Kier molecular flexibility index (Phi) is 11.0. The molecule has 1 aromatic heterocycles. The largest absolute Gasteiger partial charge is 0.376 e. The lowest BCUT2D eigenvalue weighted by Gasteiger charge is -2.33. The molecule has 63 heavy (non-hydrogen) atoms. The molecule has 7 nitrogen and oxygen atoms in total. The minimum atomic E-state index is -0.370. The number of aryl methyl sites for hydroxylation is 1. The van der Waals surface area contributed by atoms with Crippen LogP contribution in [0.5, 0.6) is 0 Å². The number of aromatic nitrogens is 2. The zero-order valence-corrected chi connectivity index (χ0v) is 35.7. The predicted molar refractivity (Wildman–Crippen MR) is 258 cm³/mol. The van der Waals surface area contributed by atoms with Crippen LogP contribution in [0.3, 0.4) is 0 Å². The van der Waals surface area contributed by atoms with Crippen LogP contribution in [0.25, 0.3) is 61.2 Å². The van der Waals surface area contributed by atoms with Crippen molar-refractivity contribution in [2.75, 3.05) is 13.6 Å². The molecule has 3 heterocycles. The molecule has 3 atom stereocenters. The van der Waals surface area contributed by atoms with E-state index in [4.69, 9.17) is 4.99 Å². The Hall–Kier alpha value is -7.45. The third-order valence-corrected chi connectivity index (χ3v) is 12.2. The summed E-state index contributed by atoms with van der Waals surface area (Å²) in [5.41, 5.74) is 16.9. The Labute approximate surface area is 370 Å². The van der Waals surface area contributed by atoms with E-state index in [2.05, 4.69) is 227 Å². The quantitative estimate of drug-likeness (QED) is 0.135. The predicted octanol–water partition coefficient (Wildman–Crippen LogP) is 11.7. The monoisotopic (exact) mass is 819 g/mol. The van der Waals surface area contributed by atoms with Gasteiger partial charge >= 0.3 is 0 Å². The molecule has 0 amide bonds. The van der Waals surface area contributed by atoms with Crippen LogP contribution in [0, 0.1) is 6.92 Å². The Morgan fingerprint density at radius 2 is 0.984 bits per heavy atom. The van der Waals surface area contributed by atoms with Gasteiger partial charge < -0.3 is 10.6 Å². The van der Waals surface area contributed by atoms with E-state index < -0.39 is 0 Å². The normalized spacial score (nSPS) is 17.5. The molecule has 308 valence electrons. The Morgan fingerprint density at radius 1 is 0.492 bits per heavy atom. The first-order chi connectivity index (χ1) is 30.9. The molecule has 7 aromatic carbocycles. The number of hydrogen-bond acceptors (Lipinski definition) is 7. The number of likely N-dealkylation sites (N-methyl/N-ethyl adjacent to an activating group) is 1. The van der Waals surface area contributed by atoms with Crippen LogP contribution in [-0.2, 0) is 0 Å². The smallest absolute Gasteiger partial charge is 0.131 e. The average Bonchev–Trinajstić information content (AvgIpc) is 3.35. The fourth-order valence-corrected chi connectivity index (χ4v) is 8.44. The van der Waals surface area contributed by atoms with E-state index in [-0.39, 0.29) is 12.3 Å². The molecule has 2 aliphatic rings. The highest BCUT2D eigenvalue weighted by Gasteiger charge is 2.27. The maximum Gasteiger partial charge on any atom is 0.131 e. The maximum absolute atomic E-state index is 5.49. The first kappa shape index (κ1) is 39.7. The molecular formula is C56H49N7. The second-order valence-electron chi connectivity index (χ2n) is 16.5. The number of nitrogens with one attached hydrogen (secondary N) is 3. The summed E-state index contributed by atoms with van der Waals surface area (Å²) in [5, 5.41) is 11.2. The highest BCUT2D eigenvalue weighted by atomic mass is 15.3. The molecule has 0 radical (unpaired) electrons. The van der Waals surface area contributed by atoms with Crippen molar-refractivity contribution < 1.29 is 0 Å². The lowest BCUT2D eigenvalue weighted by molar-refractivity contribution is 0.254. The molecule has 0 fully saturated rings. The number of nitrogens with zero attached hydrogens (tertiary/aromatic N) is 4. The van der Waals surface area contributed by atoms with E-state index in [9.17, 15) is 0 Å². The summed E-state index contributed by atoms with van der Waals surface area (Å²) in [6.07, 6.45) is 5.64. The zero-order chi connectivity index (χ0) is 42.7. The lowest BCUT2D eigenvalue weighted by atomic mass is 9.93. The second kappa shape index (κ2) is 17.5. The molecule has 0 saturated carbocycles. The SMILES string of the molecule is Cc1ncc(-c2ccc(-c3cc(-c4ccc(C5=CNC(C)N(C)C5)cc4)cc(C4N=C(c5cccc(-c6ccccc6)c5)NC(c5cccc(-c6ccccc6)c5)N4)c3)cc2)cn1. The standard InChI is InChI=1S/C56H49N7/c1-37-57-33-52(34-58-37)43-24-20-41(21-25-43)49-30-50(42-22-26-44(27-23-42)53-35-59-38(2)63(3)36-53)32-51(31-49)56-61-54(47-18-10-16-45(28-47)39-12-6-4-7-13-39)60-55(62-56)48-19-11-17-46(29-48)40-14-8-5-9-15-40/h4-35,38,54,56,59,61H,36H2,1-3H3,(H,60,62). The fraction of sp³-hybridized carbons (Fsp3) is 0.125. The van der Waals surface area contributed by atoms with Crippen molar-refractivity contribution in [2.45, 2.75) is 32.3 Å². The van der Waals surface area contributed by atoms with E-state index in [1.54, 1.807) is 0 Å². The van der Waals surface area contributed by atoms with Crippen LogP contribution in [0.4, 0.5) is 0 Å². The van der Waals surface area contributed by atoms with Gasteiger partial charge in [0.1, 0.15) is 24.0 Å². The van der Waals surface area contributed by atoms with Gasteiger partial charge in [-0.05, 0) is 124 Å². The van der Waals surface area contributed by atoms with Crippen molar-refractivity contribution in [1.29, 1.82) is 0 Å². The Balaban J connectivity index is 1.08. The van der Waals surface area contributed by atoms with Crippen LogP contribution >= 0.6 is 0 Å². The molecule has 0 saturated heterocycles. The van der Waals surface area contributed by atoms with Gasteiger partial charge in [-0.15, -0.1) is 0 Å². The topological polar surface area (TPSA) is 77.5 Å². The van der Waals surface area contributed by atoms with Gasteiger partial charge in [-0.25, -0.2) is 15.0 Å². The minimum Gasteiger partial charge on any atom is -0.376 e. The number of benzene rings is 7. The van der Waals surface area contributed by atoms with Gasteiger partial charge in [0.25, 0.3) is 0 Å². The lowest BCUT2D eigenvalue weighted by Crippen LogP contribution is -2.45. The van der Waals surface area contributed by atoms with Gasteiger partial charge in [-0.1, -0.05) is 146 Å². The van der Waals surface area contributed by atoms with Crippen LogP contribution in [-0.4, -0.2) is 40.5 Å². The van der Waals surface area contributed by atoms with Gasteiger partial charge in [-0.3, -0.25) is 10.2 Å². The van der Waals surface area contributed by atoms with E-state index in [0.29, 0.717) is 6.17 Å². The van der Waals surface area contributed by atoms with E-state index in [1.165, 1.54) is 22.3 Å². The molecule has 7 heteroatoms. The average molecular weight is 820 g/mol. The maximum atomic E-state index is 5.49. The summed E-state index contributed by atoms with van der Waals surface area (Å²) in [7, 11) is 2.15. The highest BCUT2D eigenvalue weighted by molar-refractivity contribution is 6.00. The van der Waals surface area contributed by atoms with Crippen molar-refractivity contribution in [1.82, 2.24) is 30.8 Å². The van der Waals surface area contributed by atoms with Crippen molar-refractivity contribution >= 4 is 11.4 Å². The first-order valence-electron chi connectivity index (χ1n) is 21.6. The van der Waals surface area contributed by atoms with Crippen LogP contribution in [0.15, 0.2) is 200 Å².